The number of imidazole rings is 1. The van der Waals surface area contributed by atoms with Gasteiger partial charge in [0.05, 0.1) is 12.1 Å². The Hall–Kier alpha value is -3.12. The minimum atomic E-state index is -0.887. The maximum atomic E-state index is 12.6. The van der Waals surface area contributed by atoms with E-state index in [-0.39, 0.29) is 5.91 Å². The van der Waals surface area contributed by atoms with Gasteiger partial charge in [0.15, 0.2) is 0 Å². The molecule has 4 rings (SSSR count). The van der Waals surface area contributed by atoms with Crippen molar-refractivity contribution in [2.45, 2.75) is 32.5 Å². The van der Waals surface area contributed by atoms with Gasteiger partial charge in [-0.15, -0.1) is 0 Å². The fraction of sp³-hybridized carbons (Fsp3) is 0.273. The van der Waals surface area contributed by atoms with E-state index in [9.17, 15) is 4.79 Å². The van der Waals surface area contributed by atoms with Crippen LogP contribution in [0.4, 0.5) is 11.5 Å². The zero-order valence-corrected chi connectivity index (χ0v) is 16.2. The molecule has 28 heavy (non-hydrogen) atoms. The van der Waals surface area contributed by atoms with Crippen LogP contribution in [0.15, 0.2) is 60.7 Å². The van der Waals surface area contributed by atoms with Crippen molar-refractivity contribution in [3.05, 3.63) is 66.5 Å². The topological polar surface area (TPSA) is 76.2 Å². The highest BCUT2D eigenvalue weighted by Gasteiger charge is 2.32. The highest BCUT2D eigenvalue weighted by atomic mass is 16.2. The summed E-state index contributed by atoms with van der Waals surface area (Å²) in [7, 11) is 0. The van der Waals surface area contributed by atoms with Crippen LogP contribution in [0.1, 0.15) is 19.7 Å². The summed E-state index contributed by atoms with van der Waals surface area (Å²) >= 11 is 0. The van der Waals surface area contributed by atoms with Crippen molar-refractivity contribution in [3.8, 4) is 11.3 Å². The van der Waals surface area contributed by atoms with Crippen molar-refractivity contribution >= 4 is 17.4 Å². The number of fused-ring (bicyclic) bond motifs is 1. The van der Waals surface area contributed by atoms with E-state index in [0.717, 1.165) is 28.6 Å². The van der Waals surface area contributed by atoms with Gasteiger partial charge in [0.1, 0.15) is 17.3 Å². The summed E-state index contributed by atoms with van der Waals surface area (Å²) in [6.45, 7) is 5.23. The summed E-state index contributed by atoms with van der Waals surface area (Å²) in [5.74, 6) is 1.76. The van der Waals surface area contributed by atoms with Crippen LogP contribution in [0, 0.1) is 0 Å². The Balaban J connectivity index is 1.74. The summed E-state index contributed by atoms with van der Waals surface area (Å²) < 4.78 is 2.17. The van der Waals surface area contributed by atoms with Crippen LogP contribution in [0.3, 0.4) is 0 Å². The first-order valence-electron chi connectivity index (χ1n) is 9.48. The maximum absolute atomic E-state index is 12.6. The maximum Gasteiger partial charge on any atom is 0.242 e. The molecule has 0 bridgehead atoms. The molecule has 1 aromatic heterocycles. The van der Waals surface area contributed by atoms with Gasteiger partial charge in [-0.1, -0.05) is 48.5 Å². The van der Waals surface area contributed by atoms with Gasteiger partial charge in [0.2, 0.25) is 5.91 Å². The Labute approximate surface area is 165 Å². The van der Waals surface area contributed by atoms with Crippen LogP contribution < -0.4 is 11.1 Å². The van der Waals surface area contributed by atoms with Gasteiger partial charge in [-0.3, -0.25) is 4.79 Å². The van der Waals surface area contributed by atoms with Gasteiger partial charge in [-0.05, 0) is 26.0 Å². The number of benzene rings is 2. The number of nitrogens with zero attached hydrogens (tertiary/aromatic N) is 3. The van der Waals surface area contributed by atoms with Gasteiger partial charge < -0.3 is 20.5 Å². The number of anilines is 2. The molecular formula is C22H25N5O. The standard InChI is InChI=1S/C22H25N5O/c1-22(2,23)21(28)26-13-14-27-18(15-26)25-19(16-9-5-3-6-10-16)20(27)24-17-11-7-4-8-12-17/h3-12,24H,13-15,23H2,1-2H3. The molecule has 2 heterocycles. The smallest absolute Gasteiger partial charge is 0.242 e. The van der Waals surface area contributed by atoms with Crippen LogP contribution in [0.5, 0.6) is 0 Å². The fourth-order valence-corrected chi connectivity index (χ4v) is 3.49. The summed E-state index contributed by atoms with van der Waals surface area (Å²) in [4.78, 5) is 19.3. The zero-order chi connectivity index (χ0) is 19.7. The fourth-order valence-electron chi connectivity index (χ4n) is 3.49. The predicted octanol–water partition coefficient (Wildman–Crippen LogP) is 3.37. The first-order chi connectivity index (χ1) is 13.4. The Bertz CT molecular complexity index is 973. The molecule has 0 spiro atoms. The molecule has 0 radical (unpaired) electrons. The van der Waals surface area contributed by atoms with E-state index in [0.29, 0.717) is 19.6 Å². The van der Waals surface area contributed by atoms with Crippen molar-refractivity contribution in [2.75, 3.05) is 11.9 Å². The Morgan fingerprint density at radius 1 is 1.04 bits per heavy atom. The van der Waals surface area contributed by atoms with E-state index >= 15 is 0 Å². The number of nitrogens with two attached hydrogens (primary N) is 1. The van der Waals surface area contributed by atoms with Crippen LogP contribution in [0.25, 0.3) is 11.3 Å². The monoisotopic (exact) mass is 375 g/mol. The third-order valence-corrected chi connectivity index (χ3v) is 4.89. The van der Waals surface area contributed by atoms with E-state index in [1.54, 1.807) is 18.7 Å². The minimum absolute atomic E-state index is 0.0550. The van der Waals surface area contributed by atoms with Crippen LogP contribution >= 0.6 is 0 Å². The molecule has 0 unspecified atom stereocenters. The number of carbonyl (C=O) groups is 1. The van der Waals surface area contributed by atoms with E-state index in [2.05, 4.69) is 22.0 Å². The predicted molar refractivity (Wildman–Crippen MR) is 111 cm³/mol. The highest BCUT2D eigenvalue weighted by Crippen LogP contribution is 2.33. The molecule has 1 amide bonds. The zero-order valence-electron chi connectivity index (χ0n) is 16.2. The molecule has 2 aromatic carbocycles. The molecule has 0 atom stereocenters. The first kappa shape index (κ1) is 18.3. The Kier molecular flexibility index (Phi) is 4.65. The van der Waals surface area contributed by atoms with Gasteiger partial charge in [0.25, 0.3) is 0 Å². The SMILES string of the molecule is CC(C)(N)C(=O)N1CCn2c(nc(-c3ccccc3)c2Nc2ccccc2)C1. The lowest BCUT2D eigenvalue weighted by Crippen LogP contribution is -2.52. The van der Waals surface area contributed by atoms with Crippen LogP contribution in [-0.4, -0.2) is 32.4 Å². The van der Waals surface area contributed by atoms with Gasteiger partial charge >= 0.3 is 0 Å². The molecule has 0 aliphatic carbocycles. The highest BCUT2D eigenvalue weighted by molar-refractivity contribution is 5.85. The molecule has 3 N–H and O–H groups in total. The number of amides is 1. The molecule has 0 saturated carbocycles. The molecule has 6 heteroatoms. The largest absolute Gasteiger partial charge is 0.340 e. The summed E-state index contributed by atoms with van der Waals surface area (Å²) in [5.41, 5.74) is 8.08. The summed E-state index contributed by atoms with van der Waals surface area (Å²) in [6.07, 6.45) is 0. The Morgan fingerprint density at radius 2 is 1.68 bits per heavy atom. The first-order valence-corrected chi connectivity index (χ1v) is 9.48. The summed E-state index contributed by atoms with van der Waals surface area (Å²) in [5, 5.41) is 3.53. The molecule has 3 aromatic rings. The van der Waals surface area contributed by atoms with E-state index in [1.165, 1.54) is 0 Å². The molecule has 0 saturated heterocycles. The number of aromatic nitrogens is 2. The molecule has 0 fully saturated rings. The quantitative estimate of drug-likeness (QED) is 0.733. The van der Waals surface area contributed by atoms with Crippen LogP contribution in [0.2, 0.25) is 0 Å². The van der Waals surface area contributed by atoms with Crippen molar-refractivity contribution in [2.24, 2.45) is 5.73 Å². The minimum Gasteiger partial charge on any atom is -0.340 e. The van der Waals surface area contributed by atoms with Crippen LogP contribution in [-0.2, 0) is 17.9 Å². The van der Waals surface area contributed by atoms with E-state index < -0.39 is 5.54 Å². The number of nitrogens with one attached hydrogen (secondary N) is 1. The number of hydrogen-bond donors (Lipinski definition) is 2. The molecule has 6 nitrogen and oxygen atoms in total. The van der Waals surface area contributed by atoms with Gasteiger partial charge in [-0.2, -0.15) is 0 Å². The van der Waals surface area contributed by atoms with Crippen molar-refractivity contribution in [3.63, 3.8) is 0 Å². The average Bonchev–Trinajstić information content (AvgIpc) is 3.06. The second-order valence-electron chi connectivity index (χ2n) is 7.68. The van der Waals surface area contributed by atoms with E-state index in [4.69, 9.17) is 10.7 Å². The third kappa shape index (κ3) is 3.51. The number of para-hydroxylation sites is 1. The van der Waals surface area contributed by atoms with E-state index in [1.807, 2.05) is 48.5 Å². The lowest BCUT2D eigenvalue weighted by atomic mass is 10.1. The second kappa shape index (κ2) is 7.13. The van der Waals surface area contributed by atoms with Crippen molar-refractivity contribution in [1.29, 1.82) is 0 Å². The third-order valence-electron chi connectivity index (χ3n) is 4.89. The number of rotatable bonds is 4. The lowest BCUT2D eigenvalue weighted by Gasteiger charge is -2.33. The normalized spacial score (nSPS) is 13.9. The van der Waals surface area contributed by atoms with Crippen molar-refractivity contribution < 1.29 is 4.79 Å². The molecule has 144 valence electrons. The van der Waals surface area contributed by atoms with Gasteiger partial charge in [0, 0.05) is 24.3 Å². The Morgan fingerprint density at radius 3 is 2.32 bits per heavy atom. The molecular weight excluding hydrogens is 350 g/mol. The number of carbonyl (C=O) groups excluding carboxylic acids is 1. The molecule has 1 aliphatic heterocycles. The van der Waals surface area contributed by atoms with Gasteiger partial charge in [-0.25, -0.2) is 4.98 Å². The second-order valence-corrected chi connectivity index (χ2v) is 7.68. The van der Waals surface area contributed by atoms with Crippen molar-refractivity contribution in [1.82, 2.24) is 14.5 Å². The average molecular weight is 375 g/mol. The lowest BCUT2D eigenvalue weighted by molar-refractivity contribution is -0.137. The molecule has 1 aliphatic rings. The summed E-state index contributed by atoms with van der Waals surface area (Å²) in [6, 6.07) is 20.2. The number of hydrogen-bond acceptors (Lipinski definition) is 4.